The Morgan fingerprint density at radius 3 is 2.29 bits per heavy atom. The van der Waals surface area contributed by atoms with E-state index in [0.29, 0.717) is 0 Å². The molecule has 0 saturated carbocycles. The Labute approximate surface area is 106 Å². The Kier molecular flexibility index (Phi) is 10.1. The second-order valence-corrected chi connectivity index (χ2v) is 2.07. The Morgan fingerprint density at radius 2 is 1.93 bits per heavy atom. The van der Waals surface area contributed by atoms with Crippen LogP contribution in [0.4, 0.5) is 0 Å². The molecule has 5 heteroatoms. The van der Waals surface area contributed by atoms with Gasteiger partial charge in [0.15, 0.2) is 0 Å². The van der Waals surface area contributed by atoms with Gasteiger partial charge < -0.3 is 14.6 Å². The Bertz CT molecular complexity index is 272. The number of hydrogen-bond acceptors (Lipinski definition) is 4. The molecule has 14 heavy (non-hydrogen) atoms. The summed E-state index contributed by atoms with van der Waals surface area (Å²) in [6, 6.07) is 0. The van der Waals surface area contributed by atoms with Crippen LogP contribution in [0.2, 0.25) is 0 Å². The summed E-state index contributed by atoms with van der Waals surface area (Å²) in [6.07, 6.45) is 0.0514. The number of ether oxygens (including phenoxy) is 2. The zero-order valence-corrected chi connectivity index (χ0v) is 10.8. The molecule has 0 unspecified atom stereocenters. The van der Waals surface area contributed by atoms with Crippen LogP contribution in [0.25, 0.3) is 0 Å². The zero-order chi connectivity index (χ0) is 10.3. The SMILES string of the molecule is CC#CC/C(C(=O)OC)=C(\[O-])OC.[Na+]. The van der Waals surface area contributed by atoms with Crippen LogP contribution in [-0.2, 0) is 14.3 Å². The molecule has 0 aromatic carbocycles. The maximum absolute atomic E-state index is 11.0. The first-order valence-corrected chi connectivity index (χ1v) is 3.59. The molecule has 0 amide bonds. The van der Waals surface area contributed by atoms with E-state index in [2.05, 4.69) is 21.3 Å². The number of carbonyl (C=O) groups excluding carboxylic acids is 1. The third-order valence-corrected chi connectivity index (χ3v) is 1.31. The Morgan fingerprint density at radius 1 is 1.36 bits per heavy atom. The Hall–Kier alpha value is -0.630. The number of carbonyl (C=O) groups is 1. The van der Waals surface area contributed by atoms with E-state index >= 15 is 0 Å². The minimum atomic E-state index is -0.699. The van der Waals surface area contributed by atoms with Crippen LogP contribution in [0.15, 0.2) is 11.5 Å². The molecule has 0 aromatic rings. The van der Waals surface area contributed by atoms with Gasteiger partial charge in [0, 0.05) is 6.42 Å². The number of hydrogen-bond donors (Lipinski definition) is 0. The predicted octanol–water partition coefficient (Wildman–Crippen LogP) is -3.20. The average Bonchev–Trinajstić information content (AvgIpc) is 2.17. The van der Waals surface area contributed by atoms with Crippen molar-refractivity contribution in [2.75, 3.05) is 14.2 Å². The van der Waals surface area contributed by atoms with Gasteiger partial charge in [-0.25, -0.2) is 4.79 Å². The molecule has 0 aromatic heterocycles. The monoisotopic (exact) mass is 206 g/mol. The summed E-state index contributed by atoms with van der Waals surface area (Å²) in [5.74, 6) is 3.76. The van der Waals surface area contributed by atoms with Crippen LogP contribution < -0.4 is 34.7 Å². The fourth-order valence-electron chi connectivity index (χ4n) is 0.651. The van der Waals surface area contributed by atoms with E-state index < -0.39 is 11.9 Å². The van der Waals surface area contributed by atoms with Crippen molar-refractivity contribution in [3.63, 3.8) is 0 Å². The van der Waals surface area contributed by atoms with E-state index in [0.717, 1.165) is 0 Å². The maximum atomic E-state index is 11.0. The van der Waals surface area contributed by atoms with Gasteiger partial charge in [0.25, 0.3) is 0 Å². The number of methoxy groups -OCH3 is 2. The summed E-state index contributed by atoms with van der Waals surface area (Å²) >= 11 is 0. The van der Waals surface area contributed by atoms with Crippen LogP contribution in [0.1, 0.15) is 13.3 Å². The molecule has 0 N–H and O–H groups in total. The summed E-state index contributed by atoms with van der Waals surface area (Å²) in [6.45, 7) is 1.62. The summed E-state index contributed by atoms with van der Waals surface area (Å²) in [5, 5.41) is 11.0. The predicted molar refractivity (Wildman–Crippen MR) is 44.1 cm³/mol. The summed E-state index contributed by atoms with van der Waals surface area (Å²) < 4.78 is 8.78. The fourth-order valence-corrected chi connectivity index (χ4v) is 0.651. The van der Waals surface area contributed by atoms with Gasteiger partial charge >= 0.3 is 35.5 Å². The number of rotatable bonds is 3. The second kappa shape index (κ2) is 8.95. The molecular formula is C9H11NaO4. The number of esters is 1. The molecule has 0 aliphatic heterocycles. The van der Waals surface area contributed by atoms with Crippen LogP contribution in [0.3, 0.4) is 0 Å². The molecular weight excluding hydrogens is 195 g/mol. The smallest absolute Gasteiger partial charge is 0.616 e. The molecule has 0 radical (unpaired) electrons. The van der Waals surface area contributed by atoms with E-state index in [1.807, 2.05) is 0 Å². The molecule has 72 valence electrons. The fraction of sp³-hybridized carbons (Fsp3) is 0.444. The van der Waals surface area contributed by atoms with Crippen molar-refractivity contribution < 1.29 is 48.9 Å². The summed E-state index contributed by atoms with van der Waals surface area (Å²) in [7, 11) is 2.40. The molecule has 0 atom stereocenters. The Balaban J connectivity index is 0. The second-order valence-electron chi connectivity index (χ2n) is 2.07. The van der Waals surface area contributed by atoms with Gasteiger partial charge in [-0.2, -0.15) is 0 Å². The minimum Gasteiger partial charge on any atom is -0.616 e. The van der Waals surface area contributed by atoms with Crippen LogP contribution in [-0.4, -0.2) is 20.2 Å². The third kappa shape index (κ3) is 5.18. The van der Waals surface area contributed by atoms with Crippen molar-refractivity contribution in [1.29, 1.82) is 0 Å². The molecule has 0 aliphatic rings. The summed E-state index contributed by atoms with van der Waals surface area (Å²) in [4.78, 5) is 11.0. The van der Waals surface area contributed by atoms with Gasteiger partial charge in [0.1, 0.15) is 0 Å². The van der Waals surface area contributed by atoms with Gasteiger partial charge in [-0.3, -0.25) is 0 Å². The minimum absolute atomic E-state index is 0. The molecule has 0 fully saturated rings. The van der Waals surface area contributed by atoms with Crippen LogP contribution in [0, 0.1) is 11.8 Å². The topological polar surface area (TPSA) is 58.6 Å². The third-order valence-electron chi connectivity index (χ3n) is 1.31. The van der Waals surface area contributed by atoms with Gasteiger partial charge in [-0.1, -0.05) is 5.92 Å². The van der Waals surface area contributed by atoms with E-state index in [4.69, 9.17) is 0 Å². The summed E-state index contributed by atoms with van der Waals surface area (Å²) in [5.41, 5.74) is -0.0839. The molecule has 0 heterocycles. The van der Waals surface area contributed by atoms with Crippen molar-refractivity contribution in [3.8, 4) is 11.8 Å². The van der Waals surface area contributed by atoms with Gasteiger partial charge in [-0.15, -0.1) is 5.92 Å². The largest absolute Gasteiger partial charge is 1.00 e. The maximum Gasteiger partial charge on any atom is 1.00 e. The first-order chi connectivity index (χ1) is 6.17. The van der Waals surface area contributed by atoms with E-state index in [9.17, 15) is 9.90 Å². The standard InChI is InChI=1S/C9H12O4.Na/c1-4-5-6-7(8(10)12-2)9(11)13-3;/h10H,6H2,1-3H3;/q;+1/p-1/b8-7-;. The van der Waals surface area contributed by atoms with Gasteiger partial charge in [0.05, 0.1) is 18.6 Å². The quantitative estimate of drug-likeness (QED) is 0.160. The van der Waals surface area contributed by atoms with Crippen molar-refractivity contribution in [2.24, 2.45) is 0 Å². The van der Waals surface area contributed by atoms with Crippen molar-refractivity contribution in [2.45, 2.75) is 13.3 Å². The van der Waals surface area contributed by atoms with Gasteiger partial charge in [0.2, 0.25) is 0 Å². The first kappa shape index (κ1) is 15.8. The van der Waals surface area contributed by atoms with E-state index in [1.54, 1.807) is 6.92 Å². The molecule has 0 bridgehead atoms. The van der Waals surface area contributed by atoms with Crippen LogP contribution in [0.5, 0.6) is 0 Å². The van der Waals surface area contributed by atoms with Crippen molar-refractivity contribution >= 4 is 5.97 Å². The van der Waals surface area contributed by atoms with Crippen molar-refractivity contribution in [1.82, 2.24) is 0 Å². The van der Waals surface area contributed by atoms with Crippen LogP contribution >= 0.6 is 0 Å². The molecule has 0 saturated heterocycles. The molecule has 0 aliphatic carbocycles. The zero-order valence-electron chi connectivity index (χ0n) is 8.84. The van der Waals surface area contributed by atoms with Gasteiger partial charge in [-0.05, 0) is 14.0 Å². The average molecular weight is 206 g/mol. The molecule has 0 spiro atoms. The van der Waals surface area contributed by atoms with E-state index in [1.165, 1.54) is 14.2 Å². The normalized spacial score (nSPS) is 9.93. The molecule has 0 rings (SSSR count). The van der Waals surface area contributed by atoms with E-state index in [-0.39, 0.29) is 41.6 Å². The first-order valence-electron chi connectivity index (χ1n) is 3.59. The van der Waals surface area contributed by atoms with Crippen molar-refractivity contribution in [3.05, 3.63) is 11.5 Å². The molecule has 4 nitrogen and oxygen atoms in total.